The molecule has 3 rings (SSSR count). The van der Waals surface area contributed by atoms with Crippen molar-refractivity contribution in [1.82, 2.24) is 10.2 Å². The molecule has 0 aliphatic carbocycles. The fourth-order valence-electron chi connectivity index (χ4n) is 3.23. The molecular weight excluding hydrogens is 248 g/mol. The molecule has 1 aromatic rings. The molecule has 2 aliphatic rings. The number of carbonyl (C=O) groups is 1. The van der Waals surface area contributed by atoms with Crippen molar-refractivity contribution in [3.63, 3.8) is 0 Å². The van der Waals surface area contributed by atoms with E-state index in [9.17, 15) is 4.79 Å². The van der Waals surface area contributed by atoms with Crippen LogP contribution in [0, 0.1) is 11.3 Å². The van der Waals surface area contributed by atoms with E-state index in [0.29, 0.717) is 11.3 Å². The standard InChI is InChI=1S/C17H24N2O/c1-17(8-7-14-5-3-2-4-6-14)9-10-19(13-17)16(20)15-11-18-12-15/h2-6,15,18H,7-13H2,1H3. The lowest BCUT2D eigenvalue weighted by atomic mass is 9.83. The van der Waals surface area contributed by atoms with Crippen molar-refractivity contribution in [2.75, 3.05) is 26.2 Å². The molecule has 1 amide bonds. The Morgan fingerprint density at radius 2 is 2.10 bits per heavy atom. The number of rotatable bonds is 4. The first-order chi connectivity index (χ1) is 9.66. The number of nitrogens with one attached hydrogen (secondary N) is 1. The molecule has 2 saturated heterocycles. The topological polar surface area (TPSA) is 32.3 Å². The zero-order valence-corrected chi connectivity index (χ0v) is 12.3. The number of likely N-dealkylation sites (tertiary alicyclic amines) is 1. The molecule has 108 valence electrons. The average Bonchev–Trinajstić information content (AvgIpc) is 2.79. The van der Waals surface area contributed by atoms with E-state index in [1.165, 1.54) is 12.0 Å². The van der Waals surface area contributed by atoms with E-state index in [4.69, 9.17) is 0 Å². The fourth-order valence-corrected chi connectivity index (χ4v) is 3.23. The van der Waals surface area contributed by atoms with Gasteiger partial charge in [0, 0.05) is 26.2 Å². The minimum atomic E-state index is 0.242. The Kier molecular flexibility index (Phi) is 3.79. The monoisotopic (exact) mass is 272 g/mol. The third-order valence-corrected chi connectivity index (χ3v) is 4.86. The van der Waals surface area contributed by atoms with Gasteiger partial charge in [-0.05, 0) is 30.2 Å². The molecule has 1 N–H and O–H groups in total. The number of hydrogen-bond acceptors (Lipinski definition) is 2. The van der Waals surface area contributed by atoms with Gasteiger partial charge in [-0.1, -0.05) is 37.3 Å². The lowest BCUT2D eigenvalue weighted by molar-refractivity contribution is -0.136. The number of aryl methyl sites for hydroxylation is 1. The van der Waals surface area contributed by atoms with Crippen LogP contribution in [0.15, 0.2) is 30.3 Å². The summed E-state index contributed by atoms with van der Waals surface area (Å²) < 4.78 is 0. The van der Waals surface area contributed by atoms with Crippen LogP contribution in [-0.4, -0.2) is 37.0 Å². The molecule has 1 unspecified atom stereocenters. The van der Waals surface area contributed by atoms with E-state index in [2.05, 4.69) is 47.5 Å². The lowest BCUT2D eigenvalue weighted by Crippen LogP contribution is -2.51. The molecule has 2 heterocycles. The highest BCUT2D eigenvalue weighted by Gasteiger charge is 2.38. The summed E-state index contributed by atoms with van der Waals surface area (Å²) in [6.45, 7) is 5.96. The van der Waals surface area contributed by atoms with E-state index >= 15 is 0 Å². The Bertz CT molecular complexity index is 469. The van der Waals surface area contributed by atoms with E-state index in [0.717, 1.165) is 39.0 Å². The maximum atomic E-state index is 12.3. The Morgan fingerprint density at radius 1 is 1.35 bits per heavy atom. The van der Waals surface area contributed by atoms with Gasteiger partial charge in [-0.15, -0.1) is 0 Å². The summed E-state index contributed by atoms with van der Waals surface area (Å²) in [5.41, 5.74) is 1.70. The van der Waals surface area contributed by atoms with E-state index in [-0.39, 0.29) is 5.92 Å². The van der Waals surface area contributed by atoms with Crippen LogP contribution in [0.4, 0.5) is 0 Å². The first kappa shape index (κ1) is 13.6. The van der Waals surface area contributed by atoms with Gasteiger partial charge in [0.1, 0.15) is 0 Å². The zero-order chi connectivity index (χ0) is 14.0. The average molecular weight is 272 g/mol. The Labute approximate surface area is 121 Å². The van der Waals surface area contributed by atoms with Gasteiger partial charge in [-0.25, -0.2) is 0 Å². The number of carbonyl (C=O) groups excluding carboxylic acids is 1. The van der Waals surface area contributed by atoms with E-state index in [1.54, 1.807) is 0 Å². The van der Waals surface area contributed by atoms with Crippen LogP contribution < -0.4 is 5.32 Å². The van der Waals surface area contributed by atoms with Crippen molar-refractivity contribution in [1.29, 1.82) is 0 Å². The van der Waals surface area contributed by atoms with Crippen LogP contribution in [-0.2, 0) is 11.2 Å². The third kappa shape index (κ3) is 2.88. The minimum Gasteiger partial charge on any atom is -0.342 e. The highest BCUT2D eigenvalue weighted by atomic mass is 16.2. The molecular formula is C17H24N2O. The van der Waals surface area contributed by atoms with Crippen LogP contribution in [0.1, 0.15) is 25.3 Å². The summed E-state index contributed by atoms with van der Waals surface area (Å²) in [6, 6.07) is 10.7. The predicted molar refractivity (Wildman–Crippen MR) is 80.4 cm³/mol. The van der Waals surface area contributed by atoms with Gasteiger partial charge < -0.3 is 10.2 Å². The van der Waals surface area contributed by atoms with Crippen molar-refractivity contribution in [2.24, 2.45) is 11.3 Å². The summed E-state index contributed by atoms with van der Waals surface area (Å²) in [5.74, 6) is 0.610. The first-order valence-corrected chi connectivity index (χ1v) is 7.70. The highest BCUT2D eigenvalue weighted by Crippen LogP contribution is 2.35. The molecule has 2 aliphatic heterocycles. The second kappa shape index (κ2) is 5.57. The highest BCUT2D eigenvalue weighted by molar-refractivity contribution is 5.80. The van der Waals surface area contributed by atoms with Gasteiger partial charge in [0.15, 0.2) is 0 Å². The molecule has 20 heavy (non-hydrogen) atoms. The maximum absolute atomic E-state index is 12.3. The molecule has 3 nitrogen and oxygen atoms in total. The molecule has 1 aromatic carbocycles. The van der Waals surface area contributed by atoms with Gasteiger partial charge in [-0.2, -0.15) is 0 Å². The SMILES string of the molecule is CC1(CCc2ccccc2)CCN(C(=O)C2CNC2)C1. The van der Waals surface area contributed by atoms with E-state index in [1.807, 2.05) is 0 Å². The smallest absolute Gasteiger partial charge is 0.228 e. The van der Waals surface area contributed by atoms with Gasteiger partial charge in [-0.3, -0.25) is 4.79 Å². The van der Waals surface area contributed by atoms with Crippen molar-refractivity contribution in [3.8, 4) is 0 Å². The fraction of sp³-hybridized carbons (Fsp3) is 0.588. The van der Waals surface area contributed by atoms with Crippen LogP contribution in [0.5, 0.6) is 0 Å². The summed E-state index contributed by atoms with van der Waals surface area (Å²) >= 11 is 0. The van der Waals surface area contributed by atoms with Gasteiger partial charge in [0.25, 0.3) is 0 Å². The summed E-state index contributed by atoms with van der Waals surface area (Å²) in [7, 11) is 0. The summed E-state index contributed by atoms with van der Waals surface area (Å²) in [6.07, 6.45) is 3.43. The molecule has 0 bridgehead atoms. The Morgan fingerprint density at radius 3 is 2.75 bits per heavy atom. The molecule has 1 atom stereocenters. The second-order valence-electron chi connectivity index (χ2n) is 6.66. The van der Waals surface area contributed by atoms with Crippen LogP contribution in [0.25, 0.3) is 0 Å². The zero-order valence-electron chi connectivity index (χ0n) is 12.3. The summed E-state index contributed by atoms with van der Waals surface area (Å²) in [4.78, 5) is 14.4. The second-order valence-corrected chi connectivity index (χ2v) is 6.66. The minimum absolute atomic E-state index is 0.242. The van der Waals surface area contributed by atoms with Crippen LogP contribution in [0.3, 0.4) is 0 Å². The molecule has 2 fully saturated rings. The molecule has 0 saturated carbocycles. The van der Waals surface area contributed by atoms with Gasteiger partial charge >= 0.3 is 0 Å². The normalized spacial score (nSPS) is 26.6. The summed E-state index contributed by atoms with van der Waals surface area (Å²) in [5, 5.41) is 3.19. The Hall–Kier alpha value is -1.35. The van der Waals surface area contributed by atoms with Gasteiger partial charge in [0.05, 0.1) is 5.92 Å². The van der Waals surface area contributed by atoms with Crippen LogP contribution in [0.2, 0.25) is 0 Å². The molecule has 0 aromatic heterocycles. The van der Waals surface area contributed by atoms with Crippen molar-refractivity contribution in [3.05, 3.63) is 35.9 Å². The number of nitrogens with zero attached hydrogens (tertiary/aromatic N) is 1. The Balaban J connectivity index is 1.53. The quantitative estimate of drug-likeness (QED) is 0.910. The molecule has 0 spiro atoms. The first-order valence-electron chi connectivity index (χ1n) is 7.70. The number of amides is 1. The maximum Gasteiger partial charge on any atom is 0.228 e. The van der Waals surface area contributed by atoms with Crippen LogP contribution >= 0.6 is 0 Å². The van der Waals surface area contributed by atoms with Crippen molar-refractivity contribution >= 4 is 5.91 Å². The largest absolute Gasteiger partial charge is 0.342 e. The molecule has 3 heteroatoms. The van der Waals surface area contributed by atoms with Crippen molar-refractivity contribution < 1.29 is 4.79 Å². The van der Waals surface area contributed by atoms with E-state index < -0.39 is 0 Å². The number of hydrogen-bond donors (Lipinski definition) is 1. The van der Waals surface area contributed by atoms with Gasteiger partial charge in [0.2, 0.25) is 5.91 Å². The lowest BCUT2D eigenvalue weighted by Gasteiger charge is -2.31. The number of benzene rings is 1. The molecule has 0 radical (unpaired) electrons. The predicted octanol–water partition coefficient (Wildman–Crippen LogP) is 2.08. The van der Waals surface area contributed by atoms with Crippen molar-refractivity contribution in [2.45, 2.75) is 26.2 Å². The third-order valence-electron chi connectivity index (χ3n) is 4.86.